The summed E-state index contributed by atoms with van der Waals surface area (Å²) < 4.78 is 0. The zero-order valence-electron chi connectivity index (χ0n) is 9.14. The second-order valence-corrected chi connectivity index (χ2v) is 4.39. The molecule has 0 aromatic heterocycles. The minimum absolute atomic E-state index is 0.597. The number of fused-ring (bicyclic) bond motifs is 1. The van der Waals surface area contributed by atoms with Crippen LogP contribution in [-0.4, -0.2) is 0 Å². The Bertz CT molecular complexity index is 361. The fourth-order valence-corrected chi connectivity index (χ4v) is 2.70. The monoisotopic (exact) mass is 186 g/mol. The zero-order valence-corrected chi connectivity index (χ0v) is 9.14. The van der Waals surface area contributed by atoms with Crippen molar-refractivity contribution in [2.24, 2.45) is 0 Å². The molecule has 1 aromatic rings. The van der Waals surface area contributed by atoms with E-state index in [1.54, 1.807) is 11.1 Å². The first-order valence-electron chi connectivity index (χ1n) is 5.45. The Hall–Kier alpha value is -1.04. The van der Waals surface area contributed by atoms with E-state index >= 15 is 0 Å². The summed E-state index contributed by atoms with van der Waals surface area (Å²) >= 11 is 0. The van der Waals surface area contributed by atoms with Gasteiger partial charge in [0.05, 0.1) is 0 Å². The molecule has 0 heteroatoms. The van der Waals surface area contributed by atoms with Crippen LogP contribution in [0.5, 0.6) is 0 Å². The van der Waals surface area contributed by atoms with Crippen LogP contribution in [0.4, 0.5) is 0 Å². The van der Waals surface area contributed by atoms with Crippen molar-refractivity contribution in [3.05, 3.63) is 47.0 Å². The summed E-state index contributed by atoms with van der Waals surface area (Å²) in [6.45, 7) is 8.36. The third-order valence-corrected chi connectivity index (χ3v) is 3.23. The molecule has 0 heterocycles. The number of allylic oxidation sites excluding steroid dienone is 1. The quantitative estimate of drug-likeness (QED) is 0.583. The lowest BCUT2D eigenvalue weighted by Gasteiger charge is -2.25. The van der Waals surface area contributed by atoms with Gasteiger partial charge in [-0.1, -0.05) is 23.8 Å². The van der Waals surface area contributed by atoms with Crippen LogP contribution in [0, 0.1) is 13.8 Å². The Morgan fingerprint density at radius 2 is 2.14 bits per heavy atom. The van der Waals surface area contributed by atoms with E-state index in [0.717, 1.165) is 0 Å². The van der Waals surface area contributed by atoms with Gasteiger partial charge in [0.1, 0.15) is 0 Å². The van der Waals surface area contributed by atoms with Gasteiger partial charge in [-0.2, -0.15) is 0 Å². The number of benzene rings is 1. The van der Waals surface area contributed by atoms with Crippen molar-refractivity contribution in [1.82, 2.24) is 0 Å². The average molecular weight is 186 g/mol. The lowest BCUT2D eigenvalue weighted by Crippen LogP contribution is -2.10. The Kier molecular flexibility index (Phi) is 2.45. The molecule has 0 amide bonds. The SMILES string of the molecule is C=CC1CCCc2cc(C)cc(C)c21. The van der Waals surface area contributed by atoms with Crippen molar-refractivity contribution >= 4 is 0 Å². The molecule has 0 nitrogen and oxygen atoms in total. The molecule has 0 bridgehead atoms. The van der Waals surface area contributed by atoms with Crippen molar-refractivity contribution in [1.29, 1.82) is 0 Å². The molecule has 1 unspecified atom stereocenters. The molecular weight excluding hydrogens is 168 g/mol. The second-order valence-electron chi connectivity index (χ2n) is 4.39. The van der Waals surface area contributed by atoms with Gasteiger partial charge in [-0.25, -0.2) is 0 Å². The maximum Gasteiger partial charge on any atom is 0.00207 e. The molecule has 1 aliphatic carbocycles. The molecule has 0 N–H and O–H groups in total. The topological polar surface area (TPSA) is 0 Å². The molecule has 14 heavy (non-hydrogen) atoms. The van der Waals surface area contributed by atoms with Gasteiger partial charge in [0, 0.05) is 5.92 Å². The predicted octanol–water partition coefficient (Wildman–Crippen LogP) is 3.91. The lowest BCUT2D eigenvalue weighted by molar-refractivity contribution is 0.626. The van der Waals surface area contributed by atoms with Crippen LogP contribution in [0.15, 0.2) is 24.8 Å². The number of hydrogen-bond acceptors (Lipinski definition) is 0. The number of hydrogen-bond donors (Lipinski definition) is 0. The Morgan fingerprint density at radius 3 is 2.86 bits per heavy atom. The number of aryl methyl sites for hydroxylation is 3. The van der Waals surface area contributed by atoms with E-state index in [1.807, 2.05) is 0 Å². The van der Waals surface area contributed by atoms with Crippen LogP contribution in [0.3, 0.4) is 0 Å². The van der Waals surface area contributed by atoms with Crippen molar-refractivity contribution in [2.75, 3.05) is 0 Å². The minimum atomic E-state index is 0.597. The Balaban J connectivity index is 2.56. The smallest absolute Gasteiger partial charge is 0.00207 e. The first-order valence-corrected chi connectivity index (χ1v) is 5.45. The van der Waals surface area contributed by atoms with Gasteiger partial charge in [0.25, 0.3) is 0 Å². The molecule has 0 fully saturated rings. The maximum atomic E-state index is 3.95. The van der Waals surface area contributed by atoms with Crippen LogP contribution < -0.4 is 0 Å². The van der Waals surface area contributed by atoms with Gasteiger partial charge < -0.3 is 0 Å². The first-order chi connectivity index (χ1) is 6.72. The molecule has 1 atom stereocenters. The molecule has 0 aliphatic heterocycles. The van der Waals surface area contributed by atoms with Crippen LogP contribution >= 0.6 is 0 Å². The fraction of sp³-hybridized carbons (Fsp3) is 0.429. The molecule has 2 rings (SSSR count). The van der Waals surface area contributed by atoms with E-state index in [-0.39, 0.29) is 0 Å². The molecule has 1 aromatic carbocycles. The molecule has 0 radical (unpaired) electrons. The van der Waals surface area contributed by atoms with Crippen molar-refractivity contribution in [3.8, 4) is 0 Å². The normalized spacial score (nSPS) is 20.3. The van der Waals surface area contributed by atoms with Crippen LogP contribution in [0.2, 0.25) is 0 Å². The van der Waals surface area contributed by atoms with E-state index in [0.29, 0.717) is 5.92 Å². The summed E-state index contributed by atoms with van der Waals surface area (Å²) in [5.41, 5.74) is 5.95. The van der Waals surface area contributed by atoms with E-state index in [9.17, 15) is 0 Å². The Morgan fingerprint density at radius 1 is 1.36 bits per heavy atom. The highest BCUT2D eigenvalue weighted by Gasteiger charge is 2.19. The zero-order chi connectivity index (χ0) is 10.1. The van der Waals surface area contributed by atoms with Crippen LogP contribution in [0.25, 0.3) is 0 Å². The molecule has 0 saturated carbocycles. The minimum Gasteiger partial charge on any atom is -0.102 e. The van der Waals surface area contributed by atoms with Gasteiger partial charge in [-0.05, 0) is 49.8 Å². The van der Waals surface area contributed by atoms with Crippen molar-refractivity contribution in [3.63, 3.8) is 0 Å². The highest BCUT2D eigenvalue weighted by atomic mass is 14.2. The highest BCUT2D eigenvalue weighted by molar-refractivity contribution is 5.43. The third-order valence-electron chi connectivity index (χ3n) is 3.23. The maximum absolute atomic E-state index is 3.95. The Labute approximate surface area is 86.7 Å². The van der Waals surface area contributed by atoms with E-state index in [1.165, 1.54) is 30.4 Å². The predicted molar refractivity (Wildman–Crippen MR) is 61.8 cm³/mol. The second kappa shape index (κ2) is 3.61. The highest BCUT2D eigenvalue weighted by Crippen LogP contribution is 2.35. The summed E-state index contributed by atoms with van der Waals surface area (Å²) in [6.07, 6.45) is 5.95. The number of rotatable bonds is 1. The standard InChI is InChI=1S/C14H18/c1-4-12-6-5-7-13-9-10(2)8-11(3)14(12)13/h4,8-9,12H,1,5-7H2,2-3H3. The van der Waals surface area contributed by atoms with Crippen LogP contribution in [0.1, 0.15) is 41.0 Å². The molecule has 74 valence electrons. The summed E-state index contributed by atoms with van der Waals surface area (Å²) in [5, 5.41) is 0. The molecule has 0 saturated heterocycles. The van der Waals surface area contributed by atoms with Crippen LogP contribution in [-0.2, 0) is 6.42 Å². The van der Waals surface area contributed by atoms with Gasteiger partial charge >= 0.3 is 0 Å². The summed E-state index contributed by atoms with van der Waals surface area (Å²) in [4.78, 5) is 0. The molecule has 0 spiro atoms. The van der Waals surface area contributed by atoms with E-state index in [2.05, 4.69) is 38.6 Å². The van der Waals surface area contributed by atoms with Gasteiger partial charge in [0.15, 0.2) is 0 Å². The van der Waals surface area contributed by atoms with Gasteiger partial charge in [-0.15, -0.1) is 6.58 Å². The fourth-order valence-electron chi connectivity index (χ4n) is 2.70. The summed E-state index contributed by atoms with van der Waals surface area (Å²) in [5.74, 6) is 0.597. The molecule has 1 aliphatic rings. The first kappa shape index (κ1) is 9.51. The lowest BCUT2D eigenvalue weighted by atomic mass is 9.80. The largest absolute Gasteiger partial charge is 0.102 e. The van der Waals surface area contributed by atoms with Gasteiger partial charge in [-0.3, -0.25) is 0 Å². The van der Waals surface area contributed by atoms with E-state index < -0.39 is 0 Å². The van der Waals surface area contributed by atoms with Crippen molar-refractivity contribution in [2.45, 2.75) is 39.0 Å². The van der Waals surface area contributed by atoms with Gasteiger partial charge in [0.2, 0.25) is 0 Å². The third kappa shape index (κ3) is 1.50. The average Bonchev–Trinajstić information content (AvgIpc) is 2.16. The summed E-state index contributed by atoms with van der Waals surface area (Å²) in [7, 11) is 0. The van der Waals surface area contributed by atoms with Crippen molar-refractivity contribution < 1.29 is 0 Å². The molecular formula is C14H18. The summed E-state index contributed by atoms with van der Waals surface area (Å²) in [6, 6.07) is 4.64. The van der Waals surface area contributed by atoms with E-state index in [4.69, 9.17) is 0 Å².